The molecule has 1 aliphatic heterocycles. The van der Waals surface area contributed by atoms with Crippen molar-refractivity contribution in [2.75, 3.05) is 0 Å². The fourth-order valence-electron chi connectivity index (χ4n) is 3.26. The smallest absolute Gasteiger partial charge is 0.407 e. The van der Waals surface area contributed by atoms with Gasteiger partial charge in [-0.3, -0.25) is 0 Å². The first kappa shape index (κ1) is 7.39. The molecule has 0 aromatic heterocycles. The average Bonchev–Trinajstić information content (AvgIpc) is 2.43. The Balaban J connectivity index is 1.93. The Labute approximate surface area is 73.9 Å². The van der Waals surface area contributed by atoms with E-state index >= 15 is 0 Å². The van der Waals surface area contributed by atoms with E-state index < -0.39 is 0 Å². The van der Waals surface area contributed by atoms with Gasteiger partial charge in [-0.05, 0) is 37.5 Å². The van der Waals surface area contributed by atoms with E-state index in [-0.39, 0.29) is 5.60 Å². The largest absolute Gasteiger partial charge is 0.488 e. The van der Waals surface area contributed by atoms with E-state index in [0.29, 0.717) is 6.10 Å². The molecule has 0 amide bonds. The second-order valence-electron chi connectivity index (χ2n) is 4.72. The summed E-state index contributed by atoms with van der Waals surface area (Å²) < 4.78 is 11.1. The minimum Gasteiger partial charge on any atom is -0.407 e. The van der Waals surface area contributed by atoms with Gasteiger partial charge in [0.05, 0.1) is 11.7 Å². The van der Waals surface area contributed by atoms with Crippen molar-refractivity contribution < 1.29 is 9.31 Å². The van der Waals surface area contributed by atoms with Crippen LogP contribution in [0.15, 0.2) is 0 Å². The summed E-state index contributed by atoms with van der Waals surface area (Å²) in [5.74, 6) is 2.49. The second kappa shape index (κ2) is 2.07. The first-order chi connectivity index (χ1) is 5.72. The molecule has 12 heavy (non-hydrogen) atoms. The Hall–Kier alpha value is -0.0151. The molecule has 65 valence electrons. The minimum atomic E-state index is 0.00810. The van der Waals surface area contributed by atoms with Crippen LogP contribution in [-0.4, -0.2) is 19.4 Å². The van der Waals surface area contributed by atoms with Gasteiger partial charge >= 0.3 is 7.69 Å². The van der Waals surface area contributed by atoms with Gasteiger partial charge in [0.2, 0.25) is 0 Å². The van der Waals surface area contributed by atoms with Crippen molar-refractivity contribution in [3.8, 4) is 0 Å². The zero-order chi connectivity index (χ0) is 8.34. The van der Waals surface area contributed by atoms with E-state index in [0.717, 1.165) is 17.8 Å². The quantitative estimate of drug-likeness (QED) is 0.504. The summed E-state index contributed by atoms with van der Waals surface area (Å²) in [6, 6.07) is 0. The van der Waals surface area contributed by atoms with Crippen molar-refractivity contribution in [2.24, 2.45) is 17.8 Å². The third kappa shape index (κ3) is 0.659. The Kier molecular flexibility index (Phi) is 1.28. The zero-order valence-electron chi connectivity index (χ0n) is 7.62. The summed E-state index contributed by atoms with van der Waals surface area (Å²) in [6.45, 7) is 4.56. The Bertz CT molecular complexity index is 221. The lowest BCUT2D eigenvalue weighted by atomic mass is 9.51. The first-order valence-corrected chi connectivity index (χ1v) is 4.87. The summed E-state index contributed by atoms with van der Waals surface area (Å²) in [5, 5.41) is 0. The van der Waals surface area contributed by atoms with Crippen LogP contribution < -0.4 is 0 Å². The SMILES string of the molecule is CC1C2CC3O[B]OC3(C)C1C2. The molecule has 0 aromatic rings. The highest BCUT2D eigenvalue weighted by molar-refractivity contribution is 6.19. The summed E-state index contributed by atoms with van der Waals surface area (Å²) in [4.78, 5) is 0. The molecular formula is C9H14BO2. The van der Waals surface area contributed by atoms with Crippen molar-refractivity contribution in [1.82, 2.24) is 0 Å². The molecule has 1 heterocycles. The molecule has 5 unspecified atom stereocenters. The van der Waals surface area contributed by atoms with Crippen molar-refractivity contribution in [3.63, 3.8) is 0 Å². The van der Waals surface area contributed by atoms with Crippen molar-refractivity contribution in [2.45, 2.75) is 38.4 Å². The van der Waals surface area contributed by atoms with Crippen LogP contribution in [0.3, 0.4) is 0 Å². The van der Waals surface area contributed by atoms with E-state index in [9.17, 15) is 0 Å². The highest BCUT2D eigenvalue weighted by Crippen LogP contribution is 2.58. The van der Waals surface area contributed by atoms with Crippen LogP contribution in [0, 0.1) is 17.8 Å². The molecular weight excluding hydrogens is 151 g/mol. The van der Waals surface area contributed by atoms with Gasteiger partial charge in [-0.1, -0.05) is 6.92 Å². The highest BCUT2D eigenvalue weighted by Gasteiger charge is 2.60. The van der Waals surface area contributed by atoms with Crippen molar-refractivity contribution in [1.29, 1.82) is 0 Å². The fraction of sp³-hybridized carbons (Fsp3) is 1.00. The van der Waals surface area contributed by atoms with Gasteiger partial charge in [-0.2, -0.15) is 0 Å². The van der Waals surface area contributed by atoms with Crippen molar-refractivity contribution in [3.05, 3.63) is 0 Å². The average molecular weight is 165 g/mol. The van der Waals surface area contributed by atoms with Gasteiger partial charge in [0, 0.05) is 0 Å². The molecule has 4 fully saturated rings. The van der Waals surface area contributed by atoms with Gasteiger partial charge in [-0.25, -0.2) is 0 Å². The maximum atomic E-state index is 5.62. The molecule has 3 saturated carbocycles. The Morgan fingerprint density at radius 1 is 1.42 bits per heavy atom. The lowest BCUT2D eigenvalue weighted by Gasteiger charge is -2.58. The van der Waals surface area contributed by atoms with Crippen LogP contribution in [0.4, 0.5) is 0 Å². The fourth-order valence-corrected chi connectivity index (χ4v) is 3.26. The molecule has 3 aliphatic carbocycles. The summed E-state index contributed by atoms with van der Waals surface area (Å²) >= 11 is 0. The summed E-state index contributed by atoms with van der Waals surface area (Å²) in [5.41, 5.74) is 0.00810. The van der Waals surface area contributed by atoms with E-state index in [2.05, 4.69) is 13.8 Å². The zero-order valence-corrected chi connectivity index (χ0v) is 7.62. The predicted octanol–water partition coefficient (Wildman–Crippen LogP) is 1.37. The van der Waals surface area contributed by atoms with Gasteiger partial charge < -0.3 is 9.31 Å². The molecule has 2 nitrogen and oxygen atoms in total. The van der Waals surface area contributed by atoms with E-state index in [4.69, 9.17) is 9.31 Å². The standard InChI is InChI=1S/C9H14BO2/c1-5-6-3-7(5)9(2)8(4-6)11-10-12-9/h5-8H,3-4H2,1-2H3. The van der Waals surface area contributed by atoms with Gasteiger partial charge in [0.1, 0.15) is 0 Å². The number of rotatable bonds is 0. The minimum absolute atomic E-state index is 0.00810. The summed E-state index contributed by atoms with van der Waals surface area (Å²) in [7, 11) is 1.55. The summed E-state index contributed by atoms with van der Waals surface area (Å²) in [6.07, 6.45) is 2.90. The van der Waals surface area contributed by atoms with Gasteiger partial charge in [0.15, 0.2) is 0 Å². The van der Waals surface area contributed by atoms with Gasteiger partial charge in [0.25, 0.3) is 0 Å². The molecule has 1 radical (unpaired) electrons. The Morgan fingerprint density at radius 2 is 2.25 bits per heavy atom. The topological polar surface area (TPSA) is 18.5 Å². The second-order valence-corrected chi connectivity index (χ2v) is 4.72. The van der Waals surface area contributed by atoms with Crippen molar-refractivity contribution >= 4 is 7.69 Å². The Morgan fingerprint density at radius 3 is 3.00 bits per heavy atom. The van der Waals surface area contributed by atoms with Crippen LogP contribution in [0.1, 0.15) is 26.7 Å². The number of hydrogen-bond donors (Lipinski definition) is 0. The van der Waals surface area contributed by atoms with Crippen LogP contribution in [-0.2, 0) is 9.31 Å². The van der Waals surface area contributed by atoms with E-state index in [1.807, 2.05) is 0 Å². The van der Waals surface area contributed by atoms with E-state index in [1.165, 1.54) is 12.8 Å². The van der Waals surface area contributed by atoms with Crippen LogP contribution >= 0.6 is 0 Å². The molecule has 1 saturated heterocycles. The third-order valence-electron chi connectivity index (χ3n) is 4.35. The number of hydrogen-bond acceptors (Lipinski definition) is 2. The molecule has 3 heteroatoms. The predicted molar refractivity (Wildman–Crippen MR) is 45.5 cm³/mol. The molecule has 0 N–H and O–H groups in total. The molecule has 0 aromatic carbocycles. The maximum Gasteiger partial charge on any atom is 0.488 e. The monoisotopic (exact) mass is 165 g/mol. The lowest BCUT2D eigenvalue weighted by Crippen LogP contribution is -2.60. The maximum absolute atomic E-state index is 5.62. The van der Waals surface area contributed by atoms with Crippen LogP contribution in [0.5, 0.6) is 0 Å². The molecule has 4 rings (SSSR count). The lowest BCUT2D eigenvalue weighted by molar-refractivity contribution is -0.151. The highest BCUT2D eigenvalue weighted by atomic mass is 16.6. The van der Waals surface area contributed by atoms with Crippen LogP contribution in [0.25, 0.3) is 0 Å². The first-order valence-electron chi connectivity index (χ1n) is 4.87. The van der Waals surface area contributed by atoms with E-state index in [1.54, 1.807) is 7.69 Å². The van der Waals surface area contributed by atoms with Gasteiger partial charge in [-0.15, -0.1) is 0 Å². The third-order valence-corrected chi connectivity index (χ3v) is 4.35. The molecule has 4 aliphatic rings. The molecule has 0 spiro atoms. The molecule has 5 atom stereocenters. The normalized spacial score (nSPS) is 61.8. The van der Waals surface area contributed by atoms with Crippen LogP contribution in [0.2, 0.25) is 0 Å². The molecule has 2 bridgehead atoms.